The van der Waals surface area contributed by atoms with Crippen LogP contribution < -0.4 is 4.57 Å². The standard InChI is InChI=1S/C36H38N3Si/c1-26-24-35-31(29-14-8-9-15-30(29)34(38-35)17-11-23-40(2,3)4)18-19-33-32(16-10-21-37-33)36-25-28(20-22-39(26)36)27-12-6-5-7-13-27/h5-17,20-22,25,31,35H,1,18-19,23-24H2,2-4H3/q+1/b17-11-. The Morgan fingerprint density at radius 2 is 1.70 bits per heavy atom. The van der Waals surface area contributed by atoms with E-state index in [1.807, 2.05) is 6.20 Å². The zero-order valence-electron chi connectivity index (χ0n) is 23.8. The Morgan fingerprint density at radius 1 is 0.925 bits per heavy atom. The van der Waals surface area contributed by atoms with Crippen LogP contribution in [0.25, 0.3) is 28.1 Å². The molecule has 4 heteroatoms. The Bertz CT molecular complexity index is 1610. The lowest BCUT2D eigenvalue weighted by Gasteiger charge is -2.32. The Hall–Kier alpha value is -3.89. The number of aliphatic imine (C=N–C) groups is 1. The number of benzene rings is 2. The van der Waals surface area contributed by atoms with Crippen molar-refractivity contribution in [3.05, 3.63) is 127 Å². The van der Waals surface area contributed by atoms with Crippen molar-refractivity contribution in [3.63, 3.8) is 0 Å². The molecule has 2 aliphatic heterocycles. The van der Waals surface area contributed by atoms with Crippen molar-refractivity contribution in [2.45, 2.75) is 56.9 Å². The molecule has 200 valence electrons. The Kier molecular flexibility index (Phi) is 7.20. The molecule has 0 N–H and O–H groups in total. The molecule has 2 unspecified atom stereocenters. The summed E-state index contributed by atoms with van der Waals surface area (Å²) in [7, 11) is -1.17. The molecule has 4 heterocycles. The van der Waals surface area contributed by atoms with Crippen LogP contribution in [0, 0.1) is 0 Å². The van der Waals surface area contributed by atoms with Gasteiger partial charge in [0.25, 0.3) is 0 Å². The molecule has 2 aliphatic rings. The van der Waals surface area contributed by atoms with Gasteiger partial charge in [-0.05, 0) is 60.4 Å². The van der Waals surface area contributed by atoms with Crippen molar-refractivity contribution < 1.29 is 4.57 Å². The first-order valence-corrected chi connectivity index (χ1v) is 18.2. The summed E-state index contributed by atoms with van der Waals surface area (Å²) in [5, 5.41) is 0. The second-order valence-electron chi connectivity index (χ2n) is 12.3. The van der Waals surface area contributed by atoms with Crippen molar-refractivity contribution in [2.24, 2.45) is 4.99 Å². The number of hydrogen-bond donors (Lipinski definition) is 0. The van der Waals surface area contributed by atoms with E-state index >= 15 is 0 Å². The molecule has 0 saturated heterocycles. The Labute approximate surface area is 239 Å². The van der Waals surface area contributed by atoms with E-state index in [2.05, 4.69) is 128 Å². The number of hydrogen-bond acceptors (Lipinski definition) is 2. The van der Waals surface area contributed by atoms with Gasteiger partial charge in [0.05, 0.1) is 29.4 Å². The molecular formula is C36H38N3Si+. The average molecular weight is 541 g/mol. The van der Waals surface area contributed by atoms with E-state index < -0.39 is 8.07 Å². The van der Waals surface area contributed by atoms with Crippen LogP contribution >= 0.6 is 0 Å². The lowest BCUT2D eigenvalue weighted by atomic mass is 9.78. The quantitative estimate of drug-likeness (QED) is 0.189. The number of aryl methyl sites for hydroxylation is 1. The highest BCUT2D eigenvalue weighted by atomic mass is 28.3. The van der Waals surface area contributed by atoms with Crippen LogP contribution in [-0.4, -0.2) is 24.8 Å². The van der Waals surface area contributed by atoms with Crippen molar-refractivity contribution in [1.29, 1.82) is 0 Å². The van der Waals surface area contributed by atoms with Gasteiger partial charge in [0.15, 0.2) is 11.9 Å². The Morgan fingerprint density at radius 3 is 2.52 bits per heavy atom. The van der Waals surface area contributed by atoms with Crippen LogP contribution in [-0.2, 0) is 6.42 Å². The fourth-order valence-electron chi connectivity index (χ4n) is 6.09. The van der Waals surface area contributed by atoms with Crippen LogP contribution in [0.2, 0.25) is 25.7 Å². The van der Waals surface area contributed by atoms with Gasteiger partial charge in [0.2, 0.25) is 5.69 Å². The van der Waals surface area contributed by atoms with Crippen LogP contribution in [0.5, 0.6) is 0 Å². The van der Waals surface area contributed by atoms with Crippen molar-refractivity contribution in [1.82, 2.24) is 4.98 Å². The fraction of sp³-hybridized carbons (Fsp3) is 0.250. The third-order valence-electron chi connectivity index (χ3n) is 8.12. The number of fused-ring (bicyclic) bond motifs is 6. The third kappa shape index (κ3) is 5.41. The first-order chi connectivity index (χ1) is 19.4. The van der Waals surface area contributed by atoms with Crippen LogP contribution in [0.1, 0.15) is 35.6 Å². The molecule has 0 spiro atoms. The maximum absolute atomic E-state index is 5.43. The molecular weight excluding hydrogens is 503 g/mol. The molecule has 0 saturated carbocycles. The summed E-state index contributed by atoms with van der Waals surface area (Å²) in [6.45, 7) is 11.9. The molecule has 0 bridgehead atoms. The van der Waals surface area contributed by atoms with Gasteiger partial charge >= 0.3 is 0 Å². The van der Waals surface area contributed by atoms with Gasteiger partial charge < -0.3 is 0 Å². The fourth-order valence-corrected chi connectivity index (χ4v) is 6.91. The largest absolute Gasteiger partial charge is 0.280 e. The highest BCUT2D eigenvalue weighted by molar-refractivity contribution is 6.76. The normalized spacial score (nSPS) is 18.8. The average Bonchev–Trinajstić information content (AvgIpc) is 2.96. The topological polar surface area (TPSA) is 29.1 Å². The third-order valence-corrected chi connectivity index (χ3v) is 9.58. The summed E-state index contributed by atoms with van der Waals surface area (Å²) >= 11 is 0. The first-order valence-electron chi connectivity index (χ1n) is 14.4. The van der Waals surface area contributed by atoms with E-state index in [1.165, 1.54) is 27.8 Å². The van der Waals surface area contributed by atoms with Crippen LogP contribution in [0.3, 0.4) is 0 Å². The predicted octanol–water partition coefficient (Wildman–Crippen LogP) is 8.36. The molecule has 2 atom stereocenters. The molecule has 0 fully saturated rings. The highest BCUT2D eigenvalue weighted by Gasteiger charge is 2.34. The summed E-state index contributed by atoms with van der Waals surface area (Å²) in [6, 6.07) is 29.5. The molecule has 0 amide bonds. The van der Waals surface area contributed by atoms with E-state index in [0.29, 0.717) is 5.92 Å². The van der Waals surface area contributed by atoms with Gasteiger partial charge in [-0.25, -0.2) is 0 Å². The van der Waals surface area contributed by atoms with Gasteiger partial charge in [0.1, 0.15) is 0 Å². The molecule has 2 aromatic carbocycles. The van der Waals surface area contributed by atoms with Gasteiger partial charge in [-0.3, -0.25) is 9.98 Å². The summed E-state index contributed by atoms with van der Waals surface area (Å²) in [6.07, 6.45) is 11.5. The lowest BCUT2D eigenvalue weighted by Crippen LogP contribution is -2.38. The van der Waals surface area contributed by atoms with E-state index in [1.54, 1.807) is 0 Å². The monoisotopic (exact) mass is 540 g/mol. The van der Waals surface area contributed by atoms with E-state index in [9.17, 15) is 0 Å². The maximum Gasteiger partial charge on any atom is 0.220 e. The minimum Gasteiger partial charge on any atom is -0.280 e. The molecule has 0 aliphatic carbocycles. The summed E-state index contributed by atoms with van der Waals surface area (Å²) in [4.78, 5) is 10.3. The smallest absolute Gasteiger partial charge is 0.220 e. The SMILES string of the molecule is C=C1CC2N=C(/C=C\C[Si](C)(C)C)c3ccccc3C2CCc2ncccc2-c2cc(-c3ccccc3)cc[n+]21. The summed E-state index contributed by atoms with van der Waals surface area (Å²) < 4.78 is 2.27. The molecule has 3 nitrogen and oxygen atoms in total. The summed E-state index contributed by atoms with van der Waals surface area (Å²) in [5.41, 5.74) is 10.7. The zero-order valence-corrected chi connectivity index (χ0v) is 24.8. The van der Waals surface area contributed by atoms with Gasteiger partial charge in [-0.15, -0.1) is 0 Å². The van der Waals surface area contributed by atoms with E-state index in [-0.39, 0.29) is 6.04 Å². The predicted molar refractivity (Wildman–Crippen MR) is 170 cm³/mol. The molecule has 4 aromatic rings. The second kappa shape index (κ2) is 10.9. The number of pyridine rings is 2. The zero-order chi connectivity index (χ0) is 27.7. The minimum absolute atomic E-state index is 0.133. The molecule has 40 heavy (non-hydrogen) atoms. The number of allylic oxidation sites excluding steroid dienone is 2. The van der Waals surface area contributed by atoms with Gasteiger partial charge in [0, 0.05) is 37.9 Å². The van der Waals surface area contributed by atoms with Crippen LogP contribution in [0.4, 0.5) is 0 Å². The van der Waals surface area contributed by atoms with Gasteiger partial charge in [-0.2, -0.15) is 4.57 Å². The number of rotatable bonds is 4. The molecule has 6 rings (SSSR count). The van der Waals surface area contributed by atoms with Gasteiger partial charge in [-0.1, -0.05) is 80.3 Å². The van der Waals surface area contributed by atoms with Crippen molar-refractivity contribution in [2.75, 3.05) is 0 Å². The van der Waals surface area contributed by atoms with Crippen molar-refractivity contribution in [3.8, 4) is 22.4 Å². The Balaban J connectivity index is 1.45. The number of aromatic nitrogens is 2. The number of nitrogens with zero attached hydrogens (tertiary/aromatic N) is 3. The van der Waals surface area contributed by atoms with E-state index in [4.69, 9.17) is 9.98 Å². The maximum atomic E-state index is 5.43. The summed E-state index contributed by atoms with van der Waals surface area (Å²) in [5.74, 6) is 0.322. The van der Waals surface area contributed by atoms with Crippen molar-refractivity contribution >= 4 is 19.5 Å². The lowest BCUT2D eigenvalue weighted by molar-refractivity contribution is -0.571. The first kappa shape index (κ1) is 26.3. The minimum atomic E-state index is -1.17. The van der Waals surface area contributed by atoms with Crippen LogP contribution in [0.15, 0.2) is 115 Å². The second-order valence-corrected chi connectivity index (χ2v) is 17.8. The molecule has 0 radical (unpaired) electrons. The molecule has 2 aromatic heterocycles. The van der Waals surface area contributed by atoms with E-state index in [0.717, 1.165) is 48.1 Å². The highest BCUT2D eigenvalue weighted by Crippen LogP contribution is 2.39.